The summed E-state index contributed by atoms with van der Waals surface area (Å²) in [5.74, 6) is -0.220. The first kappa shape index (κ1) is 14.3. The SMILES string of the molecule is O=C(NCC(O)Cc1ccccc1)c1cccc2cn[nH]c12. The van der Waals surface area contributed by atoms with E-state index in [4.69, 9.17) is 0 Å². The second-order valence-electron chi connectivity index (χ2n) is 5.19. The van der Waals surface area contributed by atoms with Crippen LogP contribution in [0.5, 0.6) is 0 Å². The minimum Gasteiger partial charge on any atom is -0.391 e. The van der Waals surface area contributed by atoms with Crippen LogP contribution in [0.3, 0.4) is 0 Å². The van der Waals surface area contributed by atoms with Crippen molar-refractivity contribution in [2.75, 3.05) is 6.54 Å². The molecule has 1 heterocycles. The molecule has 1 aromatic heterocycles. The van der Waals surface area contributed by atoms with Crippen LogP contribution in [0.4, 0.5) is 0 Å². The monoisotopic (exact) mass is 295 g/mol. The lowest BCUT2D eigenvalue weighted by molar-refractivity contribution is 0.0917. The second-order valence-corrected chi connectivity index (χ2v) is 5.19. The molecule has 3 aromatic rings. The number of hydrogen-bond acceptors (Lipinski definition) is 3. The number of carbonyl (C=O) groups is 1. The maximum atomic E-state index is 12.2. The first-order valence-electron chi connectivity index (χ1n) is 7.16. The van der Waals surface area contributed by atoms with Crippen molar-refractivity contribution in [2.24, 2.45) is 0 Å². The number of nitrogens with zero attached hydrogens (tertiary/aromatic N) is 1. The van der Waals surface area contributed by atoms with Crippen LogP contribution in [0.15, 0.2) is 54.7 Å². The number of aliphatic hydroxyl groups is 1. The van der Waals surface area contributed by atoms with Crippen molar-refractivity contribution < 1.29 is 9.90 Å². The van der Waals surface area contributed by atoms with Crippen molar-refractivity contribution >= 4 is 16.8 Å². The van der Waals surface area contributed by atoms with Crippen LogP contribution in [0.2, 0.25) is 0 Å². The molecule has 3 N–H and O–H groups in total. The Kier molecular flexibility index (Phi) is 4.16. The van der Waals surface area contributed by atoms with Gasteiger partial charge in [-0.2, -0.15) is 5.10 Å². The molecule has 2 aromatic carbocycles. The molecule has 0 aliphatic rings. The molecule has 0 aliphatic carbocycles. The predicted molar refractivity (Wildman–Crippen MR) is 84.6 cm³/mol. The number of benzene rings is 2. The van der Waals surface area contributed by atoms with Crippen LogP contribution in [0, 0.1) is 0 Å². The molecule has 5 nitrogen and oxygen atoms in total. The number of fused-ring (bicyclic) bond motifs is 1. The number of rotatable bonds is 5. The van der Waals surface area contributed by atoms with Gasteiger partial charge in [0.15, 0.2) is 0 Å². The predicted octanol–water partition coefficient (Wildman–Crippen LogP) is 1.90. The second kappa shape index (κ2) is 6.41. The van der Waals surface area contributed by atoms with E-state index in [0.717, 1.165) is 10.9 Å². The standard InChI is InChI=1S/C17H17N3O2/c21-14(9-12-5-2-1-3-6-12)11-18-17(22)15-8-4-7-13-10-19-20-16(13)15/h1-8,10,14,21H,9,11H2,(H,18,22)(H,19,20). The van der Waals surface area contributed by atoms with Crippen LogP contribution in [-0.2, 0) is 6.42 Å². The van der Waals surface area contributed by atoms with Gasteiger partial charge in [0.1, 0.15) is 0 Å². The van der Waals surface area contributed by atoms with E-state index < -0.39 is 6.10 Å². The average molecular weight is 295 g/mol. The first-order chi connectivity index (χ1) is 10.7. The molecule has 112 valence electrons. The van der Waals surface area contributed by atoms with E-state index in [1.165, 1.54) is 0 Å². The first-order valence-corrected chi connectivity index (χ1v) is 7.16. The summed E-state index contributed by atoms with van der Waals surface area (Å²) in [5.41, 5.74) is 2.28. The Labute approximate surface area is 128 Å². The van der Waals surface area contributed by atoms with Crippen molar-refractivity contribution in [2.45, 2.75) is 12.5 Å². The molecule has 0 bridgehead atoms. The molecule has 0 spiro atoms. The van der Waals surface area contributed by atoms with Crippen molar-refractivity contribution in [1.29, 1.82) is 0 Å². The van der Waals surface area contributed by atoms with Crippen LogP contribution in [0.25, 0.3) is 10.9 Å². The molecule has 1 amide bonds. The zero-order valence-electron chi connectivity index (χ0n) is 12.0. The van der Waals surface area contributed by atoms with Crippen molar-refractivity contribution in [1.82, 2.24) is 15.5 Å². The Bertz CT molecular complexity index is 768. The molecular weight excluding hydrogens is 278 g/mol. The smallest absolute Gasteiger partial charge is 0.253 e. The van der Waals surface area contributed by atoms with Gasteiger partial charge >= 0.3 is 0 Å². The molecule has 0 radical (unpaired) electrons. The zero-order valence-corrected chi connectivity index (χ0v) is 12.0. The summed E-state index contributed by atoms with van der Waals surface area (Å²) in [6.45, 7) is 0.207. The van der Waals surface area contributed by atoms with Gasteiger partial charge in [-0.1, -0.05) is 42.5 Å². The molecule has 3 rings (SSSR count). The molecule has 0 aliphatic heterocycles. The minimum absolute atomic E-state index is 0.207. The van der Waals surface area contributed by atoms with E-state index in [9.17, 15) is 9.90 Å². The Morgan fingerprint density at radius 3 is 2.82 bits per heavy atom. The highest BCUT2D eigenvalue weighted by molar-refractivity contribution is 6.05. The molecule has 22 heavy (non-hydrogen) atoms. The average Bonchev–Trinajstić information content (AvgIpc) is 3.02. The highest BCUT2D eigenvalue weighted by atomic mass is 16.3. The van der Waals surface area contributed by atoms with Gasteiger partial charge in [-0.3, -0.25) is 9.89 Å². The maximum Gasteiger partial charge on any atom is 0.253 e. The van der Waals surface area contributed by atoms with E-state index in [-0.39, 0.29) is 12.5 Å². The number of aromatic amines is 1. The lowest BCUT2D eigenvalue weighted by atomic mass is 10.1. The molecule has 1 unspecified atom stereocenters. The minimum atomic E-state index is -0.618. The zero-order chi connectivity index (χ0) is 15.4. The van der Waals surface area contributed by atoms with E-state index >= 15 is 0 Å². The van der Waals surface area contributed by atoms with Crippen LogP contribution >= 0.6 is 0 Å². The largest absolute Gasteiger partial charge is 0.391 e. The molecule has 1 atom stereocenters. The Morgan fingerprint density at radius 1 is 1.18 bits per heavy atom. The highest BCUT2D eigenvalue weighted by Gasteiger charge is 2.13. The van der Waals surface area contributed by atoms with Gasteiger partial charge < -0.3 is 10.4 Å². The summed E-state index contributed by atoms with van der Waals surface area (Å²) in [7, 11) is 0. The van der Waals surface area contributed by atoms with E-state index in [0.29, 0.717) is 17.5 Å². The van der Waals surface area contributed by atoms with Crippen LogP contribution < -0.4 is 5.32 Å². The fraction of sp³-hybridized carbons (Fsp3) is 0.176. The normalized spacial score (nSPS) is 12.2. The summed E-state index contributed by atoms with van der Waals surface area (Å²) >= 11 is 0. The number of para-hydroxylation sites is 1. The third-order valence-electron chi connectivity index (χ3n) is 3.53. The van der Waals surface area contributed by atoms with Gasteiger partial charge in [-0.15, -0.1) is 0 Å². The summed E-state index contributed by atoms with van der Waals surface area (Å²) in [5, 5.41) is 20.5. The van der Waals surface area contributed by atoms with Gasteiger partial charge in [0, 0.05) is 18.4 Å². The number of amides is 1. The number of aromatic nitrogens is 2. The third kappa shape index (κ3) is 3.15. The number of aliphatic hydroxyl groups excluding tert-OH is 1. The third-order valence-corrected chi connectivity index (χ3v) is 3.53. The van der Waals surface area contributed by atoms with Crippen molar-refractivity contribution in [3.63, 3.8) is 0 Å². The van der Waals surface area contributed by atoms with Crippen LogP contribution in [0.1, 0.15) is 15.9 Å². The van der Waals surface area contributed by atoms with E-state index in [1.54, 1.807) is 12.3 Å². The lowest BCUT2D eigenvalue weighted by Gasteiger charge is -2.12. The molecule has 0 fully saturated rings. The van der Waals surface area contributed by atoms with E-state index in [1.807, 2.05) is 42.5 Å². The summed E-state index contributed by atoms with van der Waals surface area (Å²) in [6.07, 6.45) is 1.57. The quantitative estimate of drug-likeness (QED) is 0.672. The highest BCUT2D eigenvalue weighted by Crippen LogP contribution is 2.15. The fourth-order valence-electron chi connectivity index (χ4n) is 2.42. The summed E-state index contributed by atoms with van der Waals surface area (Å²) in [6, 6.07) is 15.1. The number of H-pyrrole nitrogens is 1. The van der Waals surface area contributed by atoms with Gasteiger partial charge in [-0.05, 0) is 11.6 Å². The Balaban J connectivity index is 1.61. The molecule has 5 heteroatoms. The molecule has 0 saturated heterocycles. The summed E-state index contributed by atoms with van der Waals surface area (Å²) in [4.78, 5) is 12.2. The van der Waals surface area contributed by atoms with Gasteiger partial charge in [-0.25, -0.2) is 0 Å². The van der Waals surface area contributed by atoms with Crippen molar-refractivity contribution in [3.05, 3.63) is 65.9 Å². The van der Waals surface area contributed by atoms with Gasteiger partial charge in [0.25, 0.3) is 5.91 Å². The molecular formula is C17H17N3O2. The molecule has 0 saturated carbocycles. The summed E-state index contributed by atoms with van der Waals surface area (Å²) < 4.78 is 0. The van der Waals surface area contributed by atoms with Gasteiger partial charge in [0.2, 0.25) is 0 Å². The Hall–Kier alpha value is -2.66. The van der Waals surface area contributed by atoms with E-state index in [2.05, 4.69) is 15.5 Å². The number of carbonyl (C=O) groups excluding carboxylic acids is 1. The topological polar surface area (TPSA) is 78.0 Å². The van der Waals surface area contributed by atoms with Crippen LogP contribution in [-0.4, -0.2) is 33.9 Å². The van der Waals surface area contributed by atoms with Gasteiger partial charge in [0.05, 0.1) is 23.4 Å². The Morgan fingerprint density at radius 2 is 2.00 bits per heavy atom. The maximum absolute atomic E-state index is 12.2. The lowest BCUT2D eigenvalue weighted by Crippen LogP contribution is -2.33. The number of hydrogen-bond donors (Lipinski definition) is 3. The number of nitrogens with one attached hydrogen (secondary N) is 2. The fourth-order valence-corrected chi connectivity index (χ4v) is 2.42. The van der Waals surface area contributed by atoms with Crippen molar-refractivity contribution in [3.8, 4) is 0 Å².